The summed E-state index contributed by atoms with van der Waals surface area (Å²) in [6.45, 7) is 3.14. The zero-order valence-corrected chi connectivity index (χ0v) is 13.2. The number of carboxylic acid groups (broad SMARTS) is 1. The van der Waals surface area contributed by atoms with Crippen molar-refractivity contribution in [3.63, 3.8) is 0 Å². The molecule has 1 aromatic carbocycles. The fourth-order valence-electron chi connectivity index (χ4n) is 3.49. The average molecular weight is 289 g/mol. The molecular formula is C18H27NO2. The highest BCUT2D eigenvalue weighted by Gasteiger charge is 2.36. The first-order valence-corrected chi connectivity index (χ1v) is 8.08. The minimum absolute atomic E-state index is 0.185. The van der Waals surface area contributed by atoms with E-state index in [-0.39, 0.29) is 12.0 Å². The largest absolute Gasteiger partial charge is 0.481 e. The number of benzene rings is 1. The molecule has 21 heavy (non-hydrogen) atoms. The zero-order chi connectivity index (χ0) is 15.2. The number of nitrogens with zero attached hydrogens (tertiary/aromatic N) is 1. The lowest BCUT2D eigenvalue weighted by Gasteiger charge is -2.39. The summed E-state index contributed by atoms with van der Waals surface area (Å²) in [4.78, 5) is 13.8. The maximum absolute atomic E-state index is 11.5. The Morgan fingerprint density at radius 1 is 1.29 bits per heavy atom. The van der Waals surface area contributed by atoms with Gasteiger partial charge in [-0.25, -0.2) is 0 Å². The van der Waals surface area contributed by atoms with Crippen molar-refractivity contribution in [1.82, 2.24) is 4.90 Å². The zero-order valence-electron chi connectivity index (χ0n) is 13.2. The lowest BCUT2D eigenvalue weighted by atomic mass is 9.76. The summed E-state index contributed by atoms with van der Waals surface area (Å²) >= 11 is 0. The topological polar surface area (TPSA) is 40.5 Å². The summed E-state index contributed by atoms with van der Waals surface area (Å²) < 4.78 is 0. The molecule has 3 atom stereocenters. The Bertz CT molecular complexity index is 446. The van der Waals surface area contributed by atoms with Crippen molar-refractivity contribution in [2.24, 2.45) is 11.8 Å². The SMILES string of the molecule is CCC1CCC(C(=O)O)C(N(C)CCc2ccccc2)C1. The van der Waals surface area contributed by atoms with E-state index in [9.17, 15) is 9.90 Å². The molecule has 1 fully saturated rings. The Morgan fingerprint density at radius 3 is 2.62 bits per heavy atom. The first-order valence-electron chi connectivity index (χ1n) is 8.08. The first kappa shape index (κ1) is 16.0. The van der Waals surface area contributed by atoms with Gasteiger partial charge >= 0.3 is 5.97 Å². The summed E-state index contributed by atoms with van der Waals surface area (Å²) in [5, 5.41) is 9.48. The van der Waals surface area contributed by atoms with E-state index in [1.165, 1.54) is 5.56 Å². The summed E-state index contributed by atoms with van der Waals surface area (Å²) in [5.74, 6) is -0.139. The third kappa shape index (κ3) is 4.31. The second-order valence-electron chi connectivity index (χ2n) is 6.32. The van der Waals surface area contributed by atoms with Crippen molar-refractivity contribution >= 4 is 5.97 Å². The molecule has 116 valence electrons. The molecule has 1 aliphatic rings. The molecule has 0 spiro atoms. The van der Waals surface area contributed by atoms with E-state index >= 15 is 0 Å². The van der Waals surface area contributed by atoms with Gasteiger partial charge in [0, 0.05) is 12.6 Å². The molecule has 1 aromatic rings. The van der Waals surface area contributed by atoms with Gasteiger partial charge in [-0.15, -0.1) is 0 Å². The Labute approximate surface area is 128 Å². The van der Waals surface area contributed by atoms with Gasteiger partial charge in [-0.2, -0.15) is 0 Å². The van der Waals surface area contributed by atoms with Crippen LogP contribution in [0.1, 0.15) is 38.2 Å². The van der Waals surface area contributed by atoms with Crippen LogP contribution >= 0.6 is 0 Å². The highest BCUT2D eigenvalue weighted by molar-refractivity contribution is 5.71. The van der Waals surface area contributed by atoms with Crippen LogP contribution in [-0.2, 0) is 11.2 Å². The average Bonchev–Trinajstić information content (AvgIpc) is 2.52. The van der Waals surface area contributed by atoms with E-state index in [0.717, 1.165) is 38.6 Å². The maximum Gasteiger partial charge on any atom is 0.308 e. The number of rotatable bonds is 6. The van der Waals surface area contributed by atoms with Gasteiger partial charge in [-0.1, -0.05) is 43.7 Å². The second-order valence-corrected chi connectivity index (χ2v) is 6.32. The predicted molar refractivity (Wildman–Crippen MR) is 85.3 cm³/mol. The van der Waals surface area contributed by atoms with Crippen LogP contribution in [0.25, 0.3) is 0 Å². The Morgan fingerprint density at radius 2 is 2.00 bits per heavy atom. The molecule has 3 nitrogen and oxygen atoms in total. The van der Waals surface area contributed by atoms with Gasteiger partial charge in [0.15, 0.2) is 0 Å². The molecular weight excluding hydrogens is 262 g/mol. The van der Waals surface area contributed by atoms with Crippen LogP contribution in [0.15, 0.2) is 30.3 Å². The predicted octanol–water partition coefficient (Wildman–Crippen LogP) is 3.44. The van der Waals surface area contributed by atoms with Crippen molar-refractivity contribution in [3.05, 3.63) is 35.9 Å². The van der Waals surface area contributed by atoms with E-state index < -0.39 is 5.97 Å². The first-order chi connectivity index (χ1) is 10.1. The number of likely N-dealkylation sites (N-methyl/N-ethyl adjacent to an activating group) is 1. The van der Waals surface area contributed by atoms with Gasteiger partial charge < -0.3 is 10.0 Å². The Hall–Kier alpha value is -1.35. The van der Waals surface area contributed by atoms with Gasteiger partial charge in [0.2, 0.25) is 0 Å². The van der Waals surface area contributed by atoms with Crippen LogP contribution < -0.4 is 0 Å². The van der Waals surface area contributed by atoms with Crippen molar-refractivity contribution in [2.75, 3.05) is 13.6 Å². The molecule has 0 heterocycles. The molecule has 1 saturated carbocycles. The molecule has 2 rings (SSSR count). The number of carbonyl (C=O) groups is 1. The quantitative estimate of drug-likeness (QED) is 0.872. The summed E-state index contributed by atoms with van der Waals surface area (Å²) in [5.41, 5.74) is 1.32. The third-order valence-corrected chi connectivity index (χ3v) is 4.98. The Kier molecular flexibility index (Phi) is 5.80. The monoisotopic (exact) mass is 289 g/mol. The lowest BCUT2D eigenvalue weighted by molar-refractivity contribution is -0.146. The van der Waals surface area contributed by atoms with Crippen LogP contribution in [0.2, 0.25) is 0 Å². The highest BCUT2D eigenvalue weighted by Crippen LogP contribution is 2.33. The Balaban J connectivity index is 1.96. The van der Waals surface area contributed by atoms with Gasteiger partial charge in [0.1, 0.15) is 0 Å². The van der Waals surface area contributed by atoms with Crippen LogP contribution in [0.3, 0.4) is 0 Å². The van der Waals surface area contributed by atoms with E-state index in [1.807, 2.05) is 6.07 Å². The van der Waals surface area contributed by atoms with Gasteiger partial charge in [-0.05, 0) is 44.2 Å². The minimum Gasteiger partial charge on any atom is -0.481 e. The fourth-order valence-corrected chi connectivity index (χ4v) is 3.49. The highest BCUT2D eigenvalue weighted by atomic mass is 16.4. The number of carboxylic acids is 1. The van der Waals surface area contributed by atoms with Crippen LogP contribution in [0.5, 0.6) is 0 Å². The minimum atomic E-state index is -0.624. The summed E-state index contributed by atoms with van der Waals surface area (Å²) in [6, 6.07) is 10.6. The smallest absolute Gasteiger partial charge is 0.308 e. The van der Waals surface area contributed by atoms with E-state index in [4.69, 9.17) is 0 Å². The fraction of sp³-hybridized carbons (Fsp3) is 0.611. The molecule has 0 saturated heterocycles. The maximum atomic E-state index is 11.5. The molecule has 3 heteroatoms. The molecule has 0 aliphatic heterocycles. The van der Waals surface area contributed by atoms with Gasteiger partial charge in [0.05, 0.1) is 5.92 Å². The van der Waals surface area contributed by atoms with E-state index in [0.29, 0.717) is 5.92 Å². The molecule has 3 unspecified atom stereocenters. The molecule has 0 bridgehead atoms. The lowest BCUT2D eigenvalue weighted by Crippen LogP contribution is -2.46. The molecule has 0 aromatic heterocycles. The van der Waals surface area contributed by atoms with Crippen LogP contribution in [0.4, 0.5) is 0 Å². The second kappa shape index (κ2) is 7.60. The molecule has 1 aliphatic carbocycles. The number of aliphatic carboxylic acids is 1. The van der Waals surface area contributed by atoms with Crippen molar-refractivity contribution < 1.29 is 9.90 Å². The van der Waals surface area contributed by atoms with Crippen LogP contribution in [0, 0.1) is 11.8 Å². The van der Waals surface area contributed by atoms with Crippen molar-refractivity contribution in [1.29, 1.82) is 0 Å². The summed E-state index contributed by atoms with van der Waals surface area (Å²) in [7, 11) is 2.08. The third-order valence-electron chi connectivity index (χ3n) is 4.98. The van der Waals surface area contributed by atoms with Crippen molar-refractivity contribution in [3.8, 4) is 0 Å². The standard InChI is InChI=1S/C18H27NO2/c1-3-14-9-10-16(18(20)21)17(13-14)19(2)12-11-15-7-5-4-6-8-15/h4-8,14,16-17H,3,9-13H2,1-2H3,(H,20,21). The normalized spacial score (nSPS) is 26.0. The van der Waals surface area contributed by atoms with Crippen LogP contribution in [-0.4, -0.2) is 35.6 Å². The number of hydrogen-bond acceptors (Lipinski definition) is 2. The van der Waals surface area contributed by atoms with Crippen molar-refractivity contribution in [2.45, 2.75) is 45.1 Å². The van der Waals surface area contributed by atoms with Gasteiger partial charge in [-0.3, -0.25) is 4.79 Å². The summed E-state index contributed by atoms with van der Waals surface area (Å²) in [6.07, 6.45) is 5.07. The number of hydrogen-bond donors (Lipinski definition) is 1. The van der Waals surface area contributed by atoms with E-state index in [1.54, 1.807) is 0 Å². The molecule has 0 amide bonds. The molecule has 1 N–H and O–H groups in total. The van der Waals surface area contributed by atoms with E-state index in [2.05, 4.69) is 43.1 Å². The van der Waals surface area contributed by atoms with Gasteiger partial charge in [0.25, 0.3) is 0 Å². The molecule has 0 radical (unpaired) electrons.